The van der Waals surface area contributed by atoms with E-state index in [1.165, 1.54) is 0 Å². The molecule has 0 aliphatic rings. The quantitative estimate of drug-likeness (QED) is 0.714. The van der Waals surface area contributed by atoms with Gasteiger partial charge in [0.05, 0.1) is 10.7 Å². The standard InChI is InChI=1S/C17H22N2O3S2/c1-12-18-15(11-24-12)9-22-16-5-3-13(4-6-16)17(21)19-14(7-8-20)10-23-2/h3-6,11,14,20H,7-10H2,1-2H3,(H,19,21)/t14-/m0/s1. The van der Waals surface area contributed by atoms with Crippen LogP contribution in [0.5, 0.6) is 5.75 Å². The highest BCUT2D eigenvalue weighted by Crippen LogP contribution is 2.16. The Hall–Kier alpha value is -1.57. The zero-order chi connectivity index (χ0) is 17.4. The first-order chi connectivity index (χ1) is 11.6. The largest absolute Gasteiger partial charge is 0.487 e. The minimum absolute atomic E-state index is 0.0265. The van der Waals surface area contributed by atoms with Gasteiger partial charge >= 0.3 is 0 Å². The van der Waals surface area contributed by atoms with Gasteiger partial charge in [0.2, 0.25) is 0 Å². The van der Waals surface area contributed by atoms with Crippen LogP contribution in [0, 0.1) is 6.92 Å². The minimum Gasteiger partial charge on any atom is -0.487 e. The number of ether oxygens (including phenoxy) is 1. The number of hydrogen-bond acceptors (Lipinski definition) is 6. The van der Waals surface area contributed by atoms with Gasteiger partial charge in [-0.25, -0.2) is 4.98 Å². The molecule has 2 aromatic rings. The number of rotatable bonds is 9. The van der Waals surface area contributed by atoms with Gasteiger partial charge < -0.3 is 15.2 Å². The Morgan fingerprint density at radius 2 is 2.17 bits per heavy atom. The Morgan fingerprint density at radius 3 is 2.75 bits per heavy atom. The van der Waals surface area contributed by atoms with Crippen LogP contribution in [-0.2, 0) is 6.61 Å². The smallest absolute Gasteiger partial charge is 0.251 e. The van der Waals surface area contributed by atoms with Gasteiger partial charge in [-0.2, -0.15) is 11.8 Å². The van der Waals surface area contributed by atoms with Gasteiger partial charge in [0.15, 0.2) is 0 Å². The fourth-order valence-corrected chi connectivity index (χ4v) is 3.41. The van der Waals surface area contributed by atoms with Crippen molar-refractivity contribution in [1.29, 1.82) is 0 Å². The molecule has 0 saturated carbocycles. The van der Waals surface area contributed by atoms with Crippen molar-refractivity contribution in [1.82, 2.24) is 10.3 Å². The number of nitrogens with one attached hydrogen (secondary N) is 1. The first kappa shape index (κ1) is 18.8. The summed E-state index contributed by atoms with van der Waals surface area (Å²) in [7, 11) is 0. The van der Waals surface area contributed by atoms with Crippen LogP contribution in [0.2, 0.25) is 0 Å². The third kappa shape index (κ3) is 5.81. The van der Waals surface area contributed by atoms with Crippen molar-refractivity contribution in [2.24, 2.45) is 0 Å². The predicted octanol–water partition coefficient (Wildman–Crippen LogP) is 2.87. The molecule has 0 saturated heterocycles. The number of hydrogen-bond donors (Lipinski definition) is 2. The Kier molecular flexibility index (Phi) is 7.55. The molecule has 0 aliphatic heterocycles. The lowest BCUT2D eigenvalue weighted by molar-refractivity contribution is 0.0935. The highest BCUT2D eigenvalue weighted by Gasteiger charge is 2.13. The number of aliphatic hydroxyl groups excluding tert-OH is 1. The van der Waals surface area contributed by atoms with Crippen LogP contribution < -0.4 is 10.1 Å². The van der Waals surface area contributed by atoms with Gasteiger partial charge in [-0.15, -0.1) is 11.3 Å². The van der Waals surface area contributed by atoms with E-state index >= 15 is 0 Å². The normalized spacial score (nSPS) is 12.0. The maximum absolute atomic E-state index is 12.2. The summed E-state index contributed by atoms with van der Waals surface area (Å²) >= 11 is 3.24. The third-order valence-electron chi connectivity index (χ3n) is 3.35. The van der Waals surface area contributed by atoms with Crippen LogP contribution in [0.15, 0.2) is 29.6 Å². The summed E-state index contributed by atoms with van der Waals surface area (Å²) in [4.78, 5) is 16.6. The van der Waals surface area contributed by atoms with Crippen molar-refractivity contribution < 1.29 is 14.6 Å². The monoisotopic (exact) mass is 366 g/mol. The summed E-state index contributed by atoms with van der Waals surface area (Å²) in [6.45, 7) is 2.44. The maximum atomic E-state index is 12.2. The number of nitrogens with zero attached hydrogens (tertiary/aromatic N) is 1. The summed E-state index contributed by atoms with van der Waals surface area (Å²) < 4.78 is 5.67. The zero-order valence-electron chi connectivity index (χ0n) is 13.8. The number of thiazole rings is 1. The molecule has 0 fully saturated rings. The van der Waals surface area contributed by atoms with Gasteiger partial charge in [-0.05, 0) is 43.9 Å². The van der Waals surface area contributed by atoms with E-state index < -0.39 is 0 Å². The number of carbonyl (C=O) groups is 1. The Labute approximate surface area is 150 Å². The van der Waals surface area contributed by atoms with Crippen LogP contribution in [0.1, 0.15) is 27.5 Å². The molecule has 5 nitrogen and oxygen atoms in total. The molecule has 1 amide bonds. The summed E-state index contributed by atoms with van der Waals surface area (Å²) in [6.07, 6.45) is 2.54. The number of carbonyl (C=O) groups excluding carboxylic acids is 1. The van der Waals surface area contributed by atoms with Crippen molar-refractivity contribution in [3.63, 3.8) is 0 Å². The van der Waals surface area contributed by atoms with E-state index in [9.17, 15) is 4.79 Å². The number of benzene rings is 1. The summed E-state index contributed by atoms with van der Waals surface area (Å²) in [6, 6.07) is 7.02. The van der Waals surface area contributed by atoms with Crippen molar-refractivity contribution in [2.45, 2.75) is 26.0 Å². The summed E-state index contributed by atoms with van der Waals surface area (Å²) in [5.74, 6) is 1.35. The van der Waals surface area contributed by atoms with Crippen molar-refractivity contribution in [3.8, 4) is 5.75 Å². The average Bonchev–Trinajstić information content (AvgIpc) is 2.99. The SMILES string of the molecule is CSC[C@H](CCO)NC(=O)c1ccc(OCc2csc(C)n2)cc1. The second-order valence-electron chi connectivity index (χ2n) is 5.31. The van der Waals surface area contributed by atoms with Crippen molar-refractivity contribution in [2.75, 3.05) is 18.6 Å². The topological polar surface area (TPSA) is 71.5 Å². The number of thioether (sulfide) groups is 1. The Morgan fingerprint density at radius 1 is 1.42 bits per heavy atom. The maximum Gasteiger partial charge on any atom is 0.251 e. The lowest BCUT2D eigenvalue weighted by Gasteiger charge is -2.16. The zero-order valence-corrected chi connectivity index (χ0v) is 15.5. The van der Waals surface area contributed by atoms with Crippen LogP contribution in [0.3, 0.4) is 0 Å². The van der Waals surface area contributed by atoms with Crippen molar-refractivity contribution >= 4 is 29.0 Å². The molecule has 2 rings (SSSR count). The van der Waals surface area contributed by atoms with E-state index in [0.29, 0.717) is 24.3 Å². The molecule has 24 heavy (non-hydrogen) atoms. The Bertz CT molecular complexity index is 638. The lowest BCUT2D eigenvalue weighted by atomic mass is 10.1. The number of aromatic nitrogens is 1. The van der Waals surface area contributed by atoms with Crippen LogP contribution >= 0.6 is 23.1 Å². The molecule has 7 heteroatoms. The summed E-state index contributed by atoms with van der Waals surface area (Å²) in [5.41, 5.74) is 1.49. The van der Waals surface area contributed by atoms with E-state index in [4.69, 9.17) is 9.84 Å². The average molecular weight is 367 g/mol. The molecule has 0 radical (unpaired) electrons. The number of aliphatic hydroxyl groups is 1. The predicted molar refractivity (Wildman–Crippen MR) is 99.0 cm³/mol. The van der Waals surface area contributed by atoms with Crippen molar-refractivity contribution in [3.05, 3.63) is 45.9 Å². The fraction of sp³-hybridized carbons (Fsp3) is 0.412. The van der Waals surface area contributed by atoms with Gasteiger partial charge in [0, 0.05) is 29.3 Å². The van der Waals surface area contributed by atoms with Gasteiger partial charge in [0.1, 0.15) is 12.4 Å². The molecule has 2 N–H and O–H groups in total. The summed E-state index contributed by atoms with van der Waals surface area (Å²) in [5, 5.41) is 15.0. The molecule has 0 spiro atoms. The van der Waals surface area contributed by atoms with Gasteiger partial charge in [-0.3, -0.25) is 4.79 Å². The molecular weight excluding hydrogens is 344 g/mol. The van der Waals surface area contributed by atoms with E-state index in [-0.39, 0.29) is 18.6 Å². The van der Waals surface area contributed by atoms with E-state index in [1.807, 2.05) is 18.6 Å². The molecule has 0 unspecified atom stereocenters. The first-order valence-corrected chi connectivity index (χ1v) is 9.94. The first-order valence-electron chi connectivity index (χ1n) is 7.67. The van der Waals surface area contributed by atoms with Gasteiger partial charge in [-0.1, -0.05) is 0 Å². The lowest BCUT2D eigenvalue weighted by Crippen LogP contribution is -2.37. The highest BCUT2D eigenvalue weighted by molar-refractivity contribution is 7.98. The van der Waals surface area contributed by atoms with E-state index in [2.05, 4.69) is 10.3 Å². The Balaban J connectivity index is 1.89. The van der Waals surface area contributed by atoms with E-state index in [0.717, 1.165) is 16.5 Å². The molecule has 0 bridgehead atoms. The van der Waals surface area contributed by atoms with Crippen LogP contribution in [0.25, 0.3) is 0 Å². The minimum atomic E-state index is -0.135. The van der Waals surface area contributed by atoms with Crippen LogP contribution in [-0.4, -0.2) is 40.7 Å². The van der Waals surface area contributed by atoms with Gasteiger partial charge in [0.25, 0.3) is 5.91 Å². The second-order valence-corrected chi connectivity index (χ2v) is 7.28. The number of aryl methyl sites for hydroxylation is 1. The second kappa shape index (κ2) is 9.66. The molecule has 1 aromatic heterocycles. The third-order valence-corrected chi connectivity index (χ3v) is 4.91. The fourth-order valence-electron chi connectivity index (χ4n) is 2.16. The molecular formula is C17H22N2O3S2. The molecule has 1 atom stereocenters. The molecule has 130 valence electrons. The highest BCUT2D eigenvalue weighted by atomic mass is 32.2. The van der Waals surface area contributed by atoms with Crippen LogP contribution in [0.4, 0.5) is 0 Å². The van der Waals surface area contributed by atoms with E-state index in [1.54, 1.807) is 47.4 Å². The number of amides is 1. The molecule has 1 aromatic carbocycles. The molecule has 0 aliphatic carbocycles. The molecule has 1 heterocycles.